The van der Waals surface area contributed by atoms with Gasteiger partial charge in [-0.25, -0.2) is 9.79 Å². The van der Waals surface area contributed by atoms with E-state index >= 15 is 0 Å². The molecule has 2 aromatic carbocycles. The second-order valence-corrected chi connectivity index (χ2v) is 9.28. The predicted molar refractivity (Wildman–Crippen MR) is 136 cm³/mol. The highest BCUT2D eigenvalue weighted by atomic mass is 32.2. The van der Waals surface area contributed by atoms with E-state index in [4.69, 9.17) is 9.73 Å². The minimum Gasteiger partial charge on any atom is -0.457 e. The van der Waals surface area contributed by atoms with Crippen LogP contribution in [0.25, 0.3) is 0 Å². The molecule has 1 atom stereocenters. The summed E-state index contributed by atoms with van der Waals surface area (Å²) in [6.45, 7) is 8.59. The number of carbonyl (C=O) groups is 2. The number of nitrogens with zero attached hydrogens (tertiary/aromatic N) is 2. The van der Waals surface area contributed by atoms with E-state index in [1.807, 2.05) is 74.4 Å². The second kappa shape index (κ2) is 10.3. The van der Waals surface area contributed by atoms with Gasteiger partial charge in [0.25, 0.3) is 0 Å². The van der Waals surface area contributed by atoms with E-state index in [9.17, 15) is 9.59 Å². The Kier molecular flexibility index (Phi) is 7.22. The number of aryl methyl sites for hydroxylation is 2. The van der Waals surface area contributed by atoms with Crippen molar-refractivity contribution in [2.24, 2.45) is 4.99 Å². The Morgan fingerprint density at radius 1 is 1.12 bits per heavy atom. The van der Waals surface area contributed by atoms with Crippen LogP contribution in [0.3, 0.4) is 0 Å². The Bertz CT molecular complexity index is 1200. The molecule has 0 saturated heterocycles. The van der Waals surface area contributed by atoms with Gasteiger partial charge in [-0.15, -0.1) is 0 Å². The van der Waals surface area contributed by atoms with Gasteiger partial charge in [0.2, 0.25) is 5.91 Å². The number of amides is 1. The van der Waals surface area contributed by atoms with Crippen molar-refractivity contribution in [3.63, 3.8) is 0 Å². The summed E-state index contributed by atoms with van der Waals surface area (Å²) in [5.74, 6) is -0.460. The van der Waals surface area contributed by atoms with Gasteiger partial charge in [-0.2, -0.15) is 0 Å². The standard InChI is InChI=1S/C27H29N3O3S/c1-5-28-23(31)14-21-16-34-27-29-19(4)24(26(32)33-15-20-9-7-6-8-10-20)25(30(21)27)22-12-11-17(2)13-18(22)3/h6-13,16,25H,5,14-15H2,1-4H3,(H,28,31). The molecule has 2 aliphatic rings. The van der Waals surface area contributed by atoms with Crippen LogP contribution in [0.4, 0.5) is 0 Å². The Hall–Kier alpha value is -3.32. The number of benzene rings is 2. The lowest BCUT2D eigenvalue weighted by Gasteiger charge is -2.37. The number of fused-ring (bicyclic) bond motifs is 1. The zero-order valence-corrected chi connectivity index (χ0v) is 20.7. The van der Waals surface area contributed by atoms with Crippen LogP contribution in [0.5, 0.6) is 0 Å². The molecule has 2 aliphatic heterocycles. The molecule has 4 rings (SSSR count). The fraction of sp³-hybridized carbons (Fsp3) is 0.296. The molecule has 2 aromatic rings. The monoisotopic (exact) mass is 475 g/mol. The molecule has 6 nitrogen and oxygen atoms in total. The molecule has 34 heavy (non-hydrogen) atoms. The van der Waals surface area contributed by atoms with E-state index in [1.165, 1.54) is 11.8 Å². The number of hydrogen-bond donors (Lipinski definition) is 1. The molecule has 0 bridgehead atoms. The summed E-state index contributed by atoms with van der Waals surface area (Å²) in [6.07, 6.45) is 0.215. The van der Waals surface area contributed by atoms with Crippen LogP contribution in [0.15, 0.2) is 75.9 Å². The number of esters is 1. The predicted octanol–water partition coefficient (Wildman–Crippen LogP) is 5.15. The summed E-state index contributed by atoms with van der Waals surface area (Å²) in [5, 5.41) is 5.58. The molecule has 0 fully saturated rings. The molecular weight excluding hydrogens is 446 g/mol. The number of carbonyl (C=O) groups excluding carboxylic acids is 2. The fourth-order valence-corrected chi connectivity index (χ4v) is 5.25. The number of rotatable bonds is 7. The maximum atomic E-state index is 13.5. The molecule has 0 saturated carbocycles. The topological polar surface area (TPSA) is 71.0 Å². The second-order valence-electron chi connectivity index (χ2n) is 8.45. The van der Waals surface area contributed by atoms with Gasteiger partial charge in [0.1, 0.15) is 6.61 Å². The van der Waals surface area contributed by atoms with Crippen molar-refractivity contribution in [2.45, 2.75) is 46.8 Å². The van der Waals surface area contributed by atoms with Crippen molar-refractivity contribution in [3.8, 4) is 0 Å². The SMILES string of the molecule is CCNC(=O)CC1=CSC2=NC(C)=C(C(=O)OCc3ccccc3)C(c3ccc(C)cc3C)N12. The lowest BCUT2D eigenvalue weighted by Crippen LogP contribution is -2.38. The van der Waals surface area contributed by atoms with E-state index in [2.05, 4.69) is 17.4 Å². The largest absolute Gasteiger partial charge is 0.457 e. The van der Waals surface area contributed by atoms with Crippen molar-refractivity contribution >= 4 is 28.8 Å². The third-order valence-corrected chi connectivity index (χ3v) is 6.76. The summed E-state index contributed by atoms with van der Waals surface area (Å²) in [6, 6.07) is 15.4. The van der Waals surface area contributed by atoms with Gasteiger partial charge in [0.15, 0.2) is 5.17 Å². The van der Waals surface area contributed by atoms with Crippen molar-refractivity contribution in [1.29, 1.82) is 0 Å². The number of ether oxygens (including phenoxy) is 1. The molecule has 1 unspecified atom stereocenters. The number of allylic oxidation sites excluding steroid dienone is 1. The molecule has 0 aliphatic carbocycles. The maximum absolute atomic E-state index is 13.5. The quantitative estimate of drug-likeness (QED) is 0.561. The van der Waals surface area contributed by atoms with Gasteiger partial charge in [-0.3, -0.25) is 4.79 Å². The first-order valence-electron chi connectivity index (χ1n) is 11.4. The highest BCUT2D eigenvalue weighted by molar-refractivity contribution is 8.16. The molecule has 0 radical (unpaired) electrons. The third kappa shape index (κ3) is 4.94. The average Bonchev–Trinajstić information content (AvgIpc) is 3.19. The van der Waals surface area contributed by atoms with Crippen LogP contribution in [-0.4, -0.2) is 28.5 Å². The lowest BCUT2D eigenvalue weighted by atomic mass is 9.90. The van der Waals surface area contributed by atoms with E-state index in [-0.39, 0.29) is 18.9 Å². The molecule has 7 heteroatoms. The number of nitrogens with one attached hydrogen (secondary N) is 1. The van der Waals surface area contributed by atoms with Crippen molar-refractivity contribution in [3.05, 3.63) is 93.2 Å². The maximum Gasteiger partial charge on any atom is 0.338 e. The Morgan fingerprint density at radius 2 is 1.88 bits per heavy atom. The summed E-state index contributed by atoms with van der Waals surface area (Å²) in [7, 11) is 0. The van der Waals surface area contributed by atoms with Crippen LogP contribution in [0, 0.1) is 13.8 Å². The van der Waals surface area contributed by atoms with Crippen molar-refractivity contribution in [1.82, 2.24) is 10.2 Å². The Balaban J connectivity index is 1.72. The zero-order chi connectivity index (χ0) is 24.2. The molecule has 176 valence electrons. The molecule has 2 heterocycles. The highest BCUT2D eigenvalue weighted by Gasteiger charge is 2.41. The fourth-order valence-electron chi connectivity index (χ4n) is 4.28. The van der Waals surface area contributed by atoms with Gasteiger partial charge in [0, 0.05) is 12.2 Å². The first-order valence-corrected chi connectivity index (χ1v) is 12.3. The van der Waals surface area contributed by atoms with Gasteiger partial charge in [-0.05, 0) is 49.8 Å². The van der Waals surface area contributed by atoms with E-state index < -0.39 is 12.0 Å². The molecule has 1 amide bonds. The van der Waals surface area contributed by atoms with Crippen molar-refractivity contribution < 1.29 is 14.3 Å². The smallest absolute Gasteiger partial charge is 0.338 e. The van der Waals surface area contributed by atoms with Gasteiger partial charge >= 0.3 is 5.97 Å². The number of thioether (sulfide) groups is 1. The van der Waals surface area contributed by atoms with Gasteiger partial charge in [-0.1, -0.05) is 65.9 Å². The molecule has 0 spiro atoms. The van der Waals surface area contributed by atoms with Crippen LogP contribution < -0.4 is 5.32 Å². The summed E-state index contributed by atoms with van der Waals surface area (Å²) < 4.78 is 5.76. The van der Waals surface area contributed by atoms with Crippen LogP contribution >= 0.6 is 11.8 Å². The first kappa shape index (κ1) is 23.8. The Labute approximate surface area is 204 Å². The molecular formula is C27H29N3O3S. The summed E-state index contributed by atoms with van der Waals surface area (Å²) in [4.78, 5) is 32.7. The number of amidine groups is 1. The van der Waals surface area contributed by atoms with E-state index in [0.29, 0.717) is 17.8 Å². The summed E-state index contributed by atoms with van der Waals surface area (Å²) >= 11 is 1.48. The highest BCUT2D eigenvalue weighted by Crippen LogP contribution is 2.45. The zero-order valence-electron chi connectivity index (χ0n) is 19.9. The van der Waals surface area contributed by atoms with Crippen molar-refractivity contribution in [2.75, 3.05) is 6.54 Å². The normalized spacial score (nSPS) is 17.2. The number of hydrogen-bond acceptors (Lipinski definition) is 6. The van der Waals surface area contributed by atoms with E-state index in [0.717, 1.165) is 33.1 Å². The van der Waals surface area contributed by atoms with Gasteiger partial charge < -0.3 is 15.0 Å². The lowest BCUT2D eigenvalue weighted by molar-refractivity contribution is -0.141. The first-order chi connectivity index (χ1) is 16.4. The van der Waals surface area contributed by atoms with Crippen LogP contribution in [0.1, 0.15) is 48.6 Å². The van der Waals surface area contributed by atoms with Gasteiger partial charge in [0.05, 0.1) is 23.7 Å². The minimum atomic E-state index is -0.424. The summed E-state index contributed by atoms with van der Waals surface area (Å²) in [5.41, 5.74) is 6.08. The molecule has 0 aromatic heterocycles. The van der Waals surface area contributed by atoms with E-state index in [1.54, 1.807) is 0 Å². The number of aliphatic imine (C=N–C) groups is 1. The minimum absolute atomic E-state index is 0.0607. The van der Waals surface area contributed by atoms with Crippen LogP contribution in [0.2, 0.25) is 0 Å². The molecule has 1 N–H and O–H groups in total. The Morgan fingerprint density at radius 3 is 2.59 bits per heavy atom. The third-order valence-electron chi connectivity index (χ3n) is 5.87. The average molecular weight is 476 g/mol. The van der Waals surface area contributed by atoms with Crippen LogP contribution in [-0.2, 0) is 20.9 Å².